The summed E-state index contributed by atoms with van der Waals surface area (Å²) in [5, 5.41) is 9.85. The Morgan fingerprint density at radius 2 is 1.65 bits per heavy atom. The third kappa shape index (κ3) is 3.37. The average Bonchev–Trinajstić information content (AvgIpc) is 2.99. The van der Waals surface area contributed by atoms with Crippen LogP contribution >= 0.6 is 0 Å². The number of fused-ring (bicyclic) bond motifs is 1. The molecule has 124 valence electrons. The lowest BCUT2D eigenvalue weighted by Crippen LogP contribution is -2.51. The van der Waals surface area contributed by atoms with Gasteiger partial charge in [0.2, 0.25) is 0 Å². The molecule has 0 aromatic heterocycles. The maximum absolute atomic E-state index is 12.2. The standard InChI is InChI=1S/C19H27N3O/c23-19(21-17-7-6-14-11-20-12-16(14)10-17)22-18-8-15(9-18)13-4-2-1-3-5-13/h1-5,14-18,20H,6-12H2,(H2,21,22,23). The number of carbonyl (C=O) groups excluding carboxylic acids is 1. The lowest BCUT2D eigenvalue weighted by Gasteiger charge is -2.37. The Balaban J connectivity index is 1.20. The van der Waals surface area contributed by atoms with E-state index in [0.717, 1.165) is 44.1 Å². The van der Waals surface area contributed by atoms with Gasteiger partial charge in [-0.05, 0) is 68.5 Å². The van der Waals surface area contributed by atoms with Crippen LogP contribution in [0, 0.1) is 11.8 Å². The van der Waals surface area contributed by atoms with Crippen molar-refractivity contribution in [1.82, 2.24) is 16.0 Å². The molecule has 1 aromatic carbocycles. The Bertz CT molecular complexity index is 541. The van der Waals surface area contributed by atoms with E-state index in [1.54, 1.807) is 0 Å². The number of benzene rings is 1. The molecule has 4 heteroatoms. The third-order valence-corrected chi connectivity index (χ3v) is 6.03. The van der Waals surface area contributed by atoms with Crippen molar-refractivity contribution in [3.63, 3.8) is 0 Å². The lowest BCUT2D eigenvalue weighted by molar-refractivity contribution is 0.203. The predicted octanol–water partition coefficient (Wildman–Crippen LogP) is 2.62. The van der Waals surface area contributed by atoms with Gasteiger partial charge in [0.15, 0.2) is 0 Å². The summed E-state index contributed by atoms with van der Waals surface area (Å²) in [6.07, 6.45) is 5.66. The van der Waals surface area contributed by atoms with Gasteiger partial charge in [-0.15, -0.1) is 0 Å². The zero-order valence-electron chi connectivity index (χ0n) is 13.6. The maximum atomic E-state index is 12.2. The fourth-order valence-corrected chi connectivity index (χ4v) is 4.58. The maximum Gasteiger partial charge on any atom is 0.315 e. The van der Waals surface area contributed by atoms with Crippen LogP contribution in [0.5, 0.6) is 0 Å². The van der Waals surface area contributed by atoms with Crippen LogP contribution in [0.4, 0.5) is 4.79 Å². The Morgan fingerprint density at radius 1 is 0.913 bits per heavy atom. The minimum absolute atomic E-state index is 0.0379. The predicted molar refractivity (Wildman–Crippen MR) is 91.4 cm³/mol. The van der Waals surface area contributed by atoms with E-state index in [2.05, 4.69) is 46.3 Å². The highest BCUT2D eigenvalue weighted by molar-refractivity contribution is 5.74. The fraction of sp³-hybridized carbons (Fsp3) is 0.632. The molecule has 0 spiro atoms. The molecule has 2 amide bonds. The lowest BCUT2D eigenvalue weighted by atomic mass is 9.76. The topological polar surface area (TPSA) is 53.2 Å². The Kier molecular flexibility index (Phi) is 4.25. The van der Waals surface area contributed by atoms with Gasteiger partial charge in [0.05, 0.1) is 0 Å². The van der Waals surface area contributed by atoms with Crippen molar-refractivity contribution in [3.8, 4) is 0 Å². The molecule has 1 aliphatic heterocycles. The van der Waals surface area contributed by atoms with E-state index in [1.807, 2.05) is 0 Å². The molecule has 3 unspecified atom stereocenters. The van der Waals surface area contributed by atoms with Crippen molar-refractivity contribution in [3.05, 3.63) is 35.9 Å². The number of urea groups is 1. The van der Waals surface area contributed by atoms with Crippen molar-refractivity contribution in [2.75, 3.05) is 13.1 Å². The van der Waals surface area contributed by atoms with E-state index in [1.165, 1.54) is 18.5 Å². The molecule has 4 nitrogen and oxygen atoms in total. The zero-order valence-corrected chi connectivity index (χ0v) is 13.6. The summed E-state index contributed by atoms with van der Waals surface area (Å²) in [4.78, 5) is 12.2. The summed E-state index contributed by atoms with van der Waals surface area (Å²) in [5.41, 5.74) is 1.40. The van der Waals surface area contributed by atoms with Gasteiger partial charge in [-0.1, -0.05) is 30.3 Å². The first-order valence-corrected chi connectivity index (χ1v) is 9.10. The minimum atomic E-state index is 0.0379. The quantitative estimate of drug-likeness (QED) is 0.803. The molecule has 1 saturated heterocycles. The molecular formula is C19H27N3O. The normalized spacial score (nSPS) is 35.9. The van der Waals surface area contributed by atoms with Gasteiger partial charge < -0.3 is 16.0 Å². The second-order valence-corrected chi connectivity index (χ2v) is 7.58. The molecule has 3 atom stereocenters. The van der Waals surface area contributed by atoms with E-state index in [-0.39, 0.29) is 6.03 Å². The van der Waals surface area contributed by atoms with Crippen LogP contribution in [-0.4, -0.2) is 31.2 Å². The van der Waals surface area contributed by atoms with Crippen molar-refractivity contribution in [1.29, 1.82) is 0 Å². The van der Waals surface area contributed by atoms with Crippen LogP contribution in [0.25, 0.3) is 0 Å². The molecule has 4 rings (SSSR count). The van der Waals surface area contributed by atoms with Gasteiger partial charge in [0, 0.05) is 12.1 Å². The second kappa shape index (κ2) is 6.52. The first-order chi connectivity index (χ1) is 11.3. The van der Waals surface area contributed by atoms with Gasteiger partial charge in [0.25, 0.3) is 0 Å². The van der Waals surface area contributed by atoms with Crippen LogP contribution in [0.1, 0.15) is 43.6 Å². The molecule has 23 heavy (non-hydrogen) atoms. The molecule has 3 aliphatic rings. The second-order valence-electron chi connectivity index (χ2n) is 7.58. The van der Waals surface area contributed by atoms with Crippen molar-refractivity contribution in [2.24, 2.45) is 11.8 Å². The molecular weight excluding hydrogens is 286 g/mol. The average molecular weight is 313 g/mol. The Morgan fingerprint density at radius 3 is 2.48 bits per heavy atom. The van der Waals surface area contributed by atoms with Crippen LogP contribution in [0.3, 0.4) is 0 Å². The summed E-state index contributed by atoms with van der Waals surface area (Å²) in [6.45, 7) is 2.30. The number of rotatable bonds is 3. The highest BCUT2D eigenvalue weighted by Gasteiger charge is 2.35. The first kappa shape index (κ1) is 15.0. The molecule has 3 N–H and O–H groups in total. The summed E-state index contributed by atoms with van der Waals surface area (Å²) in [5.74, 6) is 2.22. The number of nitrogens with one attached hydrogen (secondary N) is 3. The summed E-state index contributed by atoms with van der Waals surface area (Å²) >= 11 is 0. The molecule has 0 radical (unpaired) electrons. The number of amides is 2. The Hall–Kier alpha value is -1.55. The van der Waals surface area contributed by atoms with E-state index in [9.17, 15) is 4.79 Å². The van der Waals surface area contributed by atoms with Crippen LogP contribution in [0.2, 0.25) is 0 Å². The molecule has 1 heterocycles. The summed E-state index contributed by atoms with van der Waals surface area (Å²) in [6, 6.07) is 11.4. The zero-order chi connectivity index (χ0) is 15.6. The van der Waals surface area contributed by atoms with Crippen molar-refractivity contribution in [2.45, 2.75) is 50.1 Å². The highest BCUT2D eigenvalue weighted by Crippen LogP contribution is 2.37. The number of hydrogen-bond donors (Lipinski definition) is 3. The number of hydrogen-bond acceptors (Lipinski definition) is 2. The van der Waals surface area contributed by atoms with Gasteiger partial charge in [0.1, 0.15) is 0 Å². The van der Waals surface area contributed by atoms with Gasteiger partial charge in [-0.2, -0.15) is 0 Å². The van der Waals surface area contributed by atoms with Crippen molar-refractivity contribution >= 4 is 6.03 Å². The SMILES string of the molecule is O=C(NC1CC(c2ccccc2)C1)NC1CCC2CNCC2C1. The molecule has 2 saturated carbocycles. The molecule has 3 fully saturated rings. The fourth-order valence-electron chi connectivity index (χ4n) is 4.58. The van der Waals surface area contributed by atoms with Crippen LogP contribution in [-0.2, 0) is 0 Å². The highest BCUT2D eigenvalue weighted by atomic mass is 16.2. The largest absolute Gasteiger partial charge is 0.335 e. The van der Waals surface area contributed by atoms with Crippen LogP contribution < -0.4 is 16.0 Å². The van der Waals surface area contributed by atoms with E-state index >= 15 is 0 Å². The summed E-state index contributed by atoms with van der Waals surface area (Å²) in [7, 11) is 0. The third-order valence-electron chi connectivity index (χ3n) is 6.03. The van der Waals surface area contributed by atoms with E-state index in [4.69, 9.17) is 0 Å². The monoisotopic (exact) mass is 313 g/mol. The van der Waals surface area contributed by atoms with Gasteiger partial charge in [-0.25, -0.2) is 4.79 Å². The minimum Gasteiger partial charge on any atom is -0.335 e. The first-order valence-electron chi connectivity index (χ1n) is 9.10. The molecule has 0 bridgehead atoms. The molecule has 1 aromatic rings. The number of carbonyl (C=O) groups is 1. The molecule has 2 aliphatic carbocycles. The van der Waals surface area contributed by atoms with Gasteiger partial charge >= 0.3 is 6.03 Å². The smallest absolute Gasteiger partial charge is 0.315 e. The van der Waals surface area contributed by atoms with E-state index in [0.29, 0.717) is 18.0 Å². The Labute approximate surface area is 138 Å². The van der Waals surface area contributed by atoms with E-state index < -0.39 is 0 Å². The van der Waals surface area contributed by atoms with Gasteiger partial charge in [-0.3, -0.25) is 0 Å². The summed E-state index contributed by atoms with van der Waals surface area (Å²) < 4.78 is 0. The van der Waals surface area contributed by atoms with Crippen LogP contribution in [0.15, 0.2) is 30.3 Å². The van der Waals surface area contributed by atoms with Crippen molar-refractivity contribution < 1.29 is 4.79 Å².